The molecular weight excluding hydrogens is 204 g/mol. The fourth-order valence-corrected chi connectivity index (χ4v) is 1.95. The summed E-state index contributed by atoms with van der Waals surface area (Å²) in [5.74, 6) is 0. The molecule has 0 saturated heterocycles. The Bertz CT molecular complexity index is 443. The van der Waals surface area contributed by atoms with Crippen molar-refractivity contribution in [2.45, 2.75) is 32.6 Å². The van der Waals surface area contributed by atoms with Gasteiger partial charge in [-0.15, -0.1) is 0 Å². The summed E-state index contributed by atoms with van der Waals surface area (Å²) >= 11 is 0. The smallest absolute Gasteiger partial charge is 0.00641 e. The van der Waals surface area contributed by atoms with Gasteiger partial charge in [-0.05, 0) is 41.7 Å². The first-order chi connectivity index (χ1) is 8.40. The molecule has 0 saturated carbocycles. The molecule has 2 aromatic carbocycles. The third-order valence-corrected chi connectivity index (χ3v) is 2.90. The summed E-state index contributed by atoms with van der Waals surface area (Å²) in [5.41, 5.74) is 3.60. The van der Waals surface area contributed by atoms with Crippen molar-refractivity contribution in [3.05, 3.63) is 60.2 Å². The maximum atomic E-state index is 3.49. The Morgan fingerprint density at radius 2 is 1.82 bits per heavy atom. The molecule has 0 heterocycles. The van der Waals surface area contributed by atoms with Crippen molar-refractivity contribution in [2.24, 2.45) is 0 Å². The van der Waals surface area contributed by atoms with E-state index >= 15 is 0 Å². The van der Waals surface area contributed by atoms with E-state index in [0.29, 0.717) is 0 Å². The van der Waals surface area contributed by atoms with Crippen LogP contribution in [0.1, 0.15) is 31.7 Å². The van der Waals surface area contributed by atoms with Crippen molar-refractivity contribution in [3.63, 3.8) is 0 Å². The second kappa shape index (κ2) is 6.24. The highest BCUT2D eigenvalue weighted by atomic mass is 14.0. The third kappa shape index (κ3) is 3.45. The van der Waals surface area contributed by atoms with E-state index in [1.54, 1.807) is 0 Å². The topological polar surface area (TPSA) is 0 Å². The molecule has 0 aromatic heterocycles. The molecule has 0 aliphatic rings. The van der Waals surface area contributed by atoms with Gasteiger partial charge in [0.25, 0.3) is 0 Å². The molecule has 0 bridgehead atoms. The third-order valence-electron chi connectivity index (χ3n) is 2.90. The van der Waals surface area contributed by atoms with Gasteiger partial charge < -0.3 is 0 Å². The van der Waals surface area contributed by atoms with Crippen LogP contribution < -0.4 is 0 Å². The van der Waals surface area contributed by atoms with E-state index < -0.39 is 0 Å². The largest absolute Gasteiger partial charge is 0.0654 e. The lowest BCUT2D eigenvalue weighted by molar-refractivity contribution is 0.717. The standard InChI is InChI=1S/C17H18/c1-2-3-5-9-15-10-8-13-17(14-15)16-11-6-4-7-12-16/h4,6-8,10-11,13H,2-3,5,9H2,1H3. The number of hydrogen-bond acceptors (Lipinski definition) is 0. The lowest BCUT2D eigenvalue weighted by Gasteiger charge is -2.04. The maximum Gasteiger partial charge on any atom is -0.00641 e. The minimum Gasteiger partial charge on any atom is -0.0654 e. The molecule has 2 rings (SSSR count). The Morgan fingerprint density at radius 3 is 2.59 bits per heavy atom. The molecule has 0 N–H and O–H groups in total. The Hall–Kier alpha value is -1.56. The lowest BCUT2D eigenvalue weighted by atomic mass is 10.0. The van der Waals surface area contributed by atoms with Crippen LogP contribution in [0.15, 0.2) is 42.5 Å². The maximum absolute atomic E-state index is 3.49. The average Bonchev–Trinajstić information content (AvgIpc) is 2.41. The number of unbranched alkanes of at least 4 members (excludes halogenated alkanes) is 2. The van der Waals surface area contributed by atoms with Crippen LogP contribution in [0.3, 0.4) is 0 Å². The van der Waals surface area contributed by atoms with Crippen LogP contribution in [0.4, 0.5) is 0 Å². The van der Waals surface area contributed by atoms with Gasteiger partial charge in [0.2, 0.25) is 0 Å². The Morgan fingerprint density at radius 1 is 0.941 bits per heavy atom. The first kappa shape index (κ1) is 11.9. The molecule has 0 atom stereocenters. The van der Waals surface area contributed by atoms with Gasteiger partial charge in [-0.25, -0.2) is 0 Å². The zero-order valence-corrected chi connectivity index (χ0v) is 10.4. The number of hydrogen-bond donors (Lipinski definition) is 0. The SMILES string of the molecule is CCCCCc1[c]c(-c2[c]cccc2)ccc1. The second-order valence-electron chi connectivity index (χ2n) is 4.32. The summed E-state index contributed by atoms with van der Waals surface area (Å²) in [4.78, 5) is 0. The molecule has 2 radical (unpaired) electrons. The summed E-state index contributed by atoms with van der Waals surface area (Å²) in [7, 11) is 0. The normalized spacial score (nSPS) is 10.4. The summed E-state index contributed by atoms with van der Waals surface area (Å²) in [5, 5.41) is 0. The molecule has 0 aliphatic heterocycles. The van der Waals surface area contributed by atoms with Crippen LogP contribution in [0.5, 0.6) is 0 Å². The molecule has 0 spiro atoms. The summed E-state index contributed by atoms with van der Waals surface area (Å²) in [6.07, 6.45) is 4.96. The Labute approximate surface area is 104 Å². The minimum atomic E-state index is 1.13. The van der Waals surface area contributed by atoms with E-state index in [1.807, 2.05) is 18.2 Å². The van der Waals surface area contributed by atoms with E-state index in [0.717, 1.165) is 17.5 Å². The van der Waals surface area contributed by atoms with Crippen molar-refractivity contribution in [1.29, 1.82) is 0 Å². The molecule has 0 aliphatic carbocycles. The predicted molar refractivity (Wildman–Crippen MR) is 72.8 cm³/mol. The van der Waals surface area contributed by atoms with Crippen LogP contribution in [0.2, 0.25) is 0 Å². The highest BCUT2D eigenvalue weighted by Crippen LogP contribution is 2.19. The molecule has 0 nitrogen and oxygen atoms in total. The van der Waals surface area contributed by atoms with Crippen LogP contribution in [0.25, 0.3) is 11.1 Å². The zero-order chi connectivity index (χ0) is 11.9. The van der Waals surface area contributed by atoms with E-state index in [4.69, 9.17) is 0 Å². The van der Waals surface area contributed by atoms with Crippen molar-refractivity contribution in [1.82, 2.24) is 0 Å². The molecule has 2 aromatic rings. The number of rotatable bonds is 5. The van der Waals surface area contributed by atoms with E-state index in [9.17, 15) is 0 Å². The van der Waals surface area contributed by atoms with Crippen LogP contribution >= 0.6 is 0 Å². The predicted octanol–water partition coefficient (Wildman–Crippen LogP) is 4.69. The van der Waals surface area contributed by atoms with Gasteiger partial charge in [-0.2, -0.15) is 0 Å². The molecule has 0 fully saturated rings. The molecule has 0 amide bonds. The fraction of sp³-hybridized carbons (Fsp3) is 0.294. The van der Waals surface area contributed by atoms with Crippen LogP contribution in [-0.2, 0) is 6.42 Å². The van der Waals surface area contributed by atoms with Crippen molar-refractivity contribution < 1.29 is 0 Å². The summed E-state index contributed by atoms with van der Waals surface area (Å²) in [6.45, 7) is 2.24. The van der Waals surface area contributed by atoms with Gasteiger partial charge >= 0.3 is 0 Å². The minimum absolute atomic E-state index is 1.13. The number of aryl methyl sites for hydroxylation is 1. The van der Waals surface area contributed by atoms with Gasteiger partial charge in [0.15, 0.2) is 0 Å². The van der Waals surface area contributed by atoms with E-state index in [-0.39, 0.29) is 0 Å². The van der Waals surface area contributed by atoms with Gasteiger partial charge in [-0.1, -0.05) is 62.2 Å². The monoisotopic (exact) mass is 222 g/mol. The Kier molecular flexibility index (Phi) is 4.37. The first-order valence-corrected chi connectivity index (χ1v) is 6.38. The van der Waals surface area contributed by atoms with Gasteiger partial charge in [-0.3, -0.25) is 0 Å². The fourth-order valence-electron chi connectivity index (χ4n) is 1.95. The molecule has 0 heteroatoms. The quantitative estimate of drug-likeness (QED) is 0.644. The first-order valence-electron chi connectivity index (χ1n) is 6.38. The van der Waals surface area contributed by atoms with Gasteiger partial charge in [0.05, 0.1) is 0 Å². The number of benzene rings is 2. The van der Waals surface area contributed by atoms with Crippen LogP contribution in [0, 0.1) is 12.1 Å². The summed E-state index contributed by atoms with van der Waals surface area (Å²) < 4.78 is 0. The van der Waals surface area contributed by atoms with Crippen molar-refractivity contribution in [3.8, 4) is 11.1 Å². The van der Waals surface area contributed by atoms with Gasteiger partial charge in [0, 0.05) is 0 Å². The second-order valence-corrected chi connectivity index (χ2v) is 4.32. The van der Waals surface area contributed by atoms with Gasteiger partial charge in [0.1, 0.15) is 0 Å². The van der Waals surface area contributed by atoms with Crippen molar-refractivity contribution in [2.75, 3.05) is 0 Å². The van der Waals surface area contributed by atoms with Crippen LogP contribution in [-0.4, -0.2) is 0 Å². The average molecular weight is 222 g/mol. The zero-order valence-electron chi connectivity index (χ0n) is 10.4. The highest BCUT2D eigenvalue weighted by molar-refractivity contribution is 5.62. The Balaban J connectivity index is 2.12. The van der Waals surface area contributed by atoms with Crippen molar-refractivity contribution >= 4 is 0 Å². The van der Waals surface area contributed by atoms with E-state index in [1.165, 1.54) is 24.8 Å². The molecule has 86 valence electrons. The summed E-state index contributed by atoms with van der Waals surface area (Å²) in [6, 6.07) is 21.2. The molecule has 17 heavy (non-hydrogen) atoms. The lowest BCUT2D eigenvalue weighted by Crippen LogP contribution is -1.87. The molecule has 0 unspecified atom stereocenters. The highest BCUT2D eigenvalue weighted by Gasteiger charge is 1.99. The molecular formula is C17H18. The van der Waals surface area contributed by atoms with E-state index in [2.05, 4.69) is 43.3 Å².